The molecule has 0 aliphatic carbocycles. The van der Waals surface area contributed by atoms with E-state index >= 15 is 0 Å². The van der Waals surface area contributed by atoms with E-state index < -0.39 is 6.10 Å². The van der Waals surface area contributed by atoms with Crippen LogP contribution >= 0.6 is 0 Å². The van der Waals surface area contributed by atoms with Gasteiger partial charge < -0.3 is 14.2 Å². The van der Waals surface area contributed by atoms with E-state index in [1.54, 1.807) is 0 Å². The van der Waals surface area contributed by atoms with Gasteiger partial charge in [-0.05, 0) is 103 Å². The first-order valence-electron chi connectivity index (χ1n) is 25.8. The highest BCUT2D eigenvalue weighted by molar-refractivity contribution is 5.70. The third kappa shape index (κ3) is 49.5. The van der Waals surface area contributed by atoms with Crippen molar-refractivity contribution in [2.24, 2.45) is 0 Å². The number of hydrogen-bond acceptors (Lipinski definition) is 5. The molecule has 0 radical (unpaired) electrons. The molecule has 0 amide bonds. The minimum atomic E-state index is -0.589. The van der Waals surface area contributed by atoms with Crippen molar-refractivity contribution in [1.29, 1.82) is 0 Å². The van der Waals surface area contributed by atoms with Gasteiger partial charge in [-0.3, -0.25) is 9.59 Å². The van der Waals surface area contributed by atoms with E-state index in [0.29, 0.717) is 19.4 Å². The van der Waals surface area contributed by atoms with E-state index in [0.717, 1.165) is 96.3 Å². The van der Waals surface area contributed by atoms with Crippen LogP contribution in [-0.4, -0.2) is 37.9 Å². The van der Waals surface area contributed by atoms with E-state index in [4.69, 9.17) is 14.2 Å². The van der Waals surface area contributed by atoms with E-state index in [1.165, 1.54) is 96.3 Å². The zero-order valence-electron chi connectivity index (χ0n) is 40.6. The standard InChI is InChI=1S/C57H96O5/c1-4-7-10-13-16-19-22-25-27-29-30-33-35-38-41-44-47-50-56(58)61-54-55(62-57(59)51-48-45-42-39-36-32-24-21-18-15-12-9-6-3)53-60-52-49-46-43-40-37-34-31-28-26-23-20-17-14-11-8-5-2/h8,11-12,15,17,20-21,24-28,34,37,43,46,55H,4-7,9-10,13-14,16,18-19,22-23,29-33,35-36,38-42,44-45,47-54H2,1-3H3/b11-8-,15-12-,20-17-,24-21-,27-25-,28-26-,37-34-,46-43-. The number of hydrogen-bond donors (Lipinski definition) is 0. The number of allylic oxidation sites excluding steroid dienone is 15. The van der Waals surface area contributed by atoms with Crippen LogP contribution in [0.4, 0.5) is 0 Å². The predicted octanol–water partition coefficient (Wildman–Crippen LogP) is 17.5. The van der Waals surface area contributed by atoms with Crippen LogP contribution in [-0.2, 0) is 23.8 Å². The summed E-state index contributed by atoms with van der Waals surface area (Å²) in [6.45, 7) is 7.42. The quantitative estimate of drug-likeness (QED) is 0.0347. The summed E-state index contributed by atoms with van der Waals surface area (Å²) in [6.07, 6.45) is 70.1. The maximum Gasteiger partial charge on any atom is 0.306 e. The average molecular weight is 861 g/mol. The molecule has 0 fully saturated rings. The van der Waals surface area contributed by atoms with Gasteiger partial charge in [-0.2, -0.15) is 0 Å². The van der Waals surface area contributed by atoms with E-state index in [2.05, 4.69) is 118 Å². The molecule has 0 bridgehead atoms. The zero-order valence-corrected chi connectivity index (χ0v) is 40.6. The van der Waals surface area contributed by atoms with Crippen molar-refractivity contribution < 1.29 is 23.8 Å². The fourth-order valence-corrected chi connectivity index (χ4v) is 6.78. The minimum Gasteiger partial charge on any atom is -0.462 e. The summed E-state index contributed by atoms with van der Waals surface area (Å²) in [5.74, 6) is -0.462. The van der Waals surface area contributed by atoms with Gasteiger partial charge in [-0.25, -0.2) is 0 Å². The second kappa shape index (κ2) is 52.2. The maximum atomic E-state index is 12.8. The van der Waals surface area contributed by atoms with Gasteiger partial charge in [-0.15, -0.1) is 0 Å². The normalized spacial score (nSPS) is 13.0. The fraction of sp³-hybridized carbons (Fsp3) is 0.684. The Balaban J connectivity index is 4.40. The minimum absolute atomic E-state index is 0.0432. The molecule has 0 N–H and O–H groups in total. The van der Waals surface area contributed by atoms with Crippen LogP contribution in [0.15, 0.2) is 97.2 Å². The van der Waals surface area contributed by atoms with Gasteiger partial charge in [0.1, 0.15) is 6.61 Å². The molecule has 0 saturated carbocycles. The first-order valence-corrected chi connectivity index (χ1v) is 25.8. The van der Waals surface area contributed by atoms with Crippen LogP contribution in [0.2, 0.25) is 0 Å². The number of carbonyl (C=O) groups excluding carboxylic acids is 2. The second-order valence-electron chi connectivity index (χ2n) is 16.7. The van der Waals surface area contributed by atoms with Crippen molar-refractivity contribution in [2.45, 2.75) is 232 Å². The van der Waals surface area contributed by atoms with Crippen LogP contribution < -0.4 is 0 Å². The number of unbranched alkanes of at least 4 members (excludes halogenated alkanes) is 19. The van der Waals surface area contributed by atoms with Gasteiger partial charge in [0.15, 0.2) is 6.10 Å². The molecule has 0 saturated heterocycles. The summed E-state index contributed by atoms with van der Waals surface area (Å²) >= 11 is 0. The Morgan fingerprint density at radius 2 is 0.758 bits per heavy atom. The molecular weight excluding hydrogens is 765 g/mol. The molecular formula is C57H96O5. The van der Waals surface area contributed by atoms with Crippen molar-refractivity contribution in [2.75, 3.05) is 19.8 Å². The van der Waals surface area contributed by atoms with Crippen molar-refractivity contribution in [3.8, 4) is 0 Å². The highest BCUT2D eigenvalue weighted by Crippen LogP contribution is 2.13. The molecule has 0 aliphatic rings. The summed E-state index contributed by atoms with van der Waals surface area (Å²) in [5, 5.41) is 0. The molecule has 0 aromatic carbocycles. The lowest BCUT2D eigenvalue weighted by Crippen LogP contribution is -2.30. The van der Waals surface area contributed by atoms with Crippen LogP contribution in [0.25, 0.3) is 0 Å². The first kappa shape index (κ1) is 58.8. The Morgan fingerprint density at radius 3 is 1.24 bits per heavy atom. The zero-order chi connectivity index (χ0) is 44.9. The van der Waals surface area contributed by atoms with Crippen molar-refractivity contribution >= 4 is 11.9 Å². The van der Waals surface area contributed by atoms with Gasteiger partial charge in [0.2, 0.25) is 0 Å². The summed E-state index contributed by atoms with van der Waals surface area (Å²) in [5.41, 5.74) is 0. The molecule has 5 heteroatoms. The molecule has 0 heterocycles. The monoisotopic (exact) mass is 861 g/mol. The third-order valence-electron chi connectivity index (χ3n) is 10.6. The Bertz CT molecular complexity index is 1200. The number of rotatable bonds is 46. The predicted molar refractivity (Wildman–Crippen MR) is 270 cm³/mol. The number of esters is 2. The Labute approximate surface area is 383 Å². The first-order chi connectivity index (χ1) is 30.6. The summed E-state index contributed by atoms with van der Waals surface area (Å²) in [4.78, 5) is 25.4. The van der Waals surface area contributed by atoms with Crippen LogP contribution in [0.3, 0.4) is 0 Å². The molecule has 0 aromatic heterocycles. The van der Waals surface area contributed by atoms with Crippen LogP contribution in [0, 0.1) is 0 Å². The molecule has 1 atom stereocenters. The molecule has 5 nitrogen and oxygen atoms in total. The Kier molecular flexibility index (Phi) is 49.5. The topological polar surface area (TPSA) is 61.8 Å². The molecule has 354 valence electrons. The van der Waals surface area contributed by atoms with Crippen molar-refractivity contribution in [1.82, 2.24) is 0 Å². The van der Waals surface area contributed by atoms with Crippen molar-refractivity contribution in [3.05, 3.63) is 97.2 Å². The van der Waals surface area contributed by atoms with Crippen LogP contribution in [0.1, 0.15) is 226 Å². The number of ether oxygens (including phenoxy) is 3. The van der Waals surface area contributed by atoms with Gasteiger partial charge in [0.05, 0.1) is 13.2 Å². The van der Waals surface area contributed by atoms with E-state index in [1.807, 2.05) is 0 Å². The van der Waals surface area contributed by atoms with Gasteiger partial charge in [0.25, 0.3) is 0 Å². The maximum absolute atomic E-state index is 12.8. The summed E-state index contributed by atoms with van der Waals surface area (Å²) in [6, 6.07) is 0. The molecule has 1 unspecified atom stereocenters. The average Bonchev–Trinajstić information content (AvgIpc) is 3.27. The third-order valence-corrected chi connectivity index (χ3v) is 10.6. The molecule has 0 aliphatic heterocycles. The van der Waals surface area contributed by atoms with Gasteiger partial charge >= 0.3 is 11.9 Å². The van der Waals surface area contributed by atoms with Gasteiger partial charge in [0, 0.05) is 12.8 Å². The number of carbonyl (C=O) groups is 2. The fourth-order valence-electron chi connectivity index (χ4n) is 6.78. The second-order valence-corrected chi connectivity index (χ2v) is 16.7. The highest BCUT2D eigenvalue weighted by atomic mass is 16.6. The largest absolute Gasteiger partial charge is 0.462 e. The van der Waals surface area contributed by atoms with E-state index in [-0.39, 0.29) is 25.2 Å². The van der Waals surface area contributed by atoms with Gasteiger partial charge in [-0.1, -0.05) is 208 Å². The Hall–Kier alpha value is -3.18. The molecule has 0 aromatic rings. The highest BCUT2D eigenvalue weighted by Gasteiger charge is 2.17. The lowest BCUT2D eigenvalue weighted by molar-refractivity contribution is -0.162. The molecule has 62 heavy (non-hydrogen) atoms. The molecule has 0 spiro atoms. The smallest absolute Gasteiger partial charge is 0.306 e. The van der Waals surface area contributed by atoms with Crippen molar-refractivity contribution in [3.63, 3.8) is 0 Å². The summed E-state index contributed by atoms with van der Waals surface area (Å²) in [7, 11) is 0. The lowest BCUT2D eigenvalue weighted by atomic mass is 10.1. The lowest BCUT2D eigenvalue weighted by Gasteiger charge is -2.18. The Morgan fingerprint density at radius 1 is 0.371 bits per heavy atom. The SMILES string of the molecule is CC/C=C\C/C=C\C/C=C\C/C=C\C/C=C\CCOCC(COC(=O)CCCCCCCCC/C=C\CCCCCCCC)OC(=O)CCCCCCC/C=C\C/C=C\CCC. The van der Waals surface area contributed by atoms with E-state index in [9.17, 15) is 9.59 Å². The summed E-state index contributed by atoms with van der Waals surface area (Å²) < 4.78 is 17.3. The van der Waals surface area contributed by atoms with Crippen LogP contribution in [0.5, 0.6) is 0 Å². The molecule has 0 rings (SSSR count).